The van der Waals surface area contributed by atoms with E-state index >= 15 is 0 Å². The van der Waals surface area contributed by atoms with Crippen LogP contribution >= 0.6 is 11.8 Å². The Morgan fingerprint density at radius 3 is 2.72 bits per heavy atom. The van der Waals surface area contributed by atoms with Crippen molar-refractivity contribution in [3.05, 3.63) is 71.4 Å². The Kier molecular flexibility index (Phi) is 5.57. The van der Waals surface area contributed by atoms with Crippen molar-refractivity contribution in [2.75, 3.05) is 0 Å². The van der Waals surface area contributed by atoms with Crippen LogP contribution in [0.15, 0.2) is 58.2 Å². The fourth-order valence-corrected chi connectivity index (χ4v) is 3.54. The molecule has 1 unspecified atom stereocenters. The van der Waals surface area contributed by atoms with E-state index in [1.54, 1.807) is 4.68 Å². The van der Waals surface area contributed by atoms with Crippen LogP contribution in [0.1, 0.15) is 35.0 Å². The highest BCUT2D eigenvalue weighted by molar-refractivity contribution is 7.99. The summed E-state index contributed by atoms with van der Waals surface area (Å²) >= 11 is 1.40. The fourth-order valence-electron chi connectivity index (χ4n) is 2.75. The first-order valence-corrected chi connectivity index (χ1v) is 10.0. The second kappa shape index (κ2) is 8.44. The van der Waals surface area contributed by atoms with Crippen LogP contribution in [0.3, 0.4) is 0 Å². The number of tetrazole rings is 1. The molecule has 0 saturated carbocycles. The van der Waals surface area contributed by atoms with E-state index in [1.165, 1.54) is 11.8 Å². The third-order valence-corrected chi connectivity index (χ3v) is 5.21. The maximum Gasteiger partial charge on any atom is 0.277 e. The van der Waals surface area contributed by atoms with Gasteiger partial charge in [0.25, 0.3) is 11.1 Å². The van der Waals surface area contributed by atoms with Crippen molar-refractivity contribution < 1.29 is 9.15 Å². The summed E-state index contributed by atoms with van der Waals surface area (Å²) in [4.78, 5) is 0. The second-order valence-electron chi connectivity index (χ2n) is 6.56. The van der Waals surface area contributed by atoms with Gasteiger partial charge in [-0.05, 0) is 60.5 Å². The zero-order chi connectivity index (χ0) is 20.2. The Morgan fingerprint density at radius 1 is 1.07 bits per heavy atom. The van der Waals surface area contributed by atoms with E-state index in [2.05, 4.69) is 25.7 Å². The van der Waals surface area contributed by atoms with Crippen LogP contribution < -0.4 is 4.74 Å². The monoisotopic (exact) mass is 408 g/mol. The van der Waals surface area contributed by atoms with Gasteiger partial charge in [-0.2, -0.15) is 4.68 Å². The van der Waals surface area contributed by atoms with E-state index in [0.29, 0.717) is 16.9 Å². The highest BCUT2D eigenvalue weighted by atomic mass is 32.2. The van der Waals surface area contributed by atoms with E-state index in [-0.39, 0.29) is 11.9 Å². The Labute approximate surface area is 172 Å². The molecule has 0 radical (unpaired) electrons. The van der Waals surface area contributed by atoms with Crippen molar-refractivity contribution >= 4 is 11.8 Å². The smallest absolute Gasteiger partial charge is 0.277 e. The molecule has 0 spiro atoms. The molecule has 29 heavy (non-hydrogen) atoms. The van der Waals surface area contributed by atoms with Crippen LogP contribution in [0.2, 0.25) is 0 Å². The molecular formula is C20H20N6O2S. The summed E-state index contributed by atoms with van der Waals surface area (Å²) in [6.07, 6.45) is 0. The van der Waals surface area contributed by atoms with Crippen molar-refractivity contribution in [2.24, 2.45) is 0 Å². The maximum absolute atomic E-state index is 5.83. The predicted octanol–water partition coefficient (Wildman–Crippen LogP) is 4.09. The lowest BCUT2D eigenvalue weighted by atomic mass is 10.1. The number of nitrogens with zero attached hydrogens (tertiary/aromatic N) is 6. The minimum atomic E-state index is -0.0848. The van der Waals surface area contributed by atoms with Gasteiger partial charge in [0, 0.05) is 0 Å². The molecule has 2 aromatic carbocycles. The zero-order valence-corrected chi connectivity index (χ0v) is 17.1. The Morgan fingerprint density at radius 2 is 1.90 bits per heavy atom. The average Bonchev–Trinajstić information content (AvgIpc) is 3.39. The number of rotatable bonds is 7. The van der Waals surface area contributed by atoms with E-state index in [0.717, 1.165) is 22.6 Å². The van der Waals surface area contributed by atoms with Crippen molar-refractivity contribution in [3.8, 4) is 11.4 Å². The van der Waals surface area contributed by atoms with Gasteiger partial charge in [0.1, 0.15) is 5.75 Å². The molecule has 0 bridgehead atoms. The third-order valence-electron chi connectivity index (χ3n) is 4.28. The standard InChI is InChI=1S/C20H20N6O2S/c1-13-9-10-14(2)17(11-13)27-12-18-21-23-20(28-18)29-15(3)19-22-24-25-26(19)16-7-5-4-6-8-16/h4-11,15H,12H2,1-3H3. The van der Waals surface area contributed by atoms with Crippen molar-refractivity contribution in [1.29, 1.82) is 0 Å². The summed E-state index contributed by atoms with van der Waals surface area (Å²) in [7, 11) is 0. The number of para-hydroxylation sites is 1. The van der Waals surface area contributed by atoms with Crippen LogP contribution in [-0.2, 0) is 6.61 Å². The predicted molar refractivity (Wildman–Crippen MR) is 108 cm³/mol. The molecular weight excluding hydrogens is 388 g/mol. The lowest BCUT2D eigenvalue weighted by Crippen LogP contribution is -2.04. The maximum atomic E-state index is 5.83. The van der Waals surface area contributed by atoms with Gasteiger partial charge in [-0.25, -0.2) is 0 Å². The number of hydrogen-bond acceptors (Lipinski definition) is 8. The molecule has 2 aromatic heterocycles. The Hall–Kier alpha value is -3.20. The molecule has 0 fully saturated rings. The van der Waals surface area contributed by atoms with Crippen molar-refractivity contribution in [1.82, 2.24) is 30.4 Å². The number of ether oxygens (including phenoxy) is 1. The van der Waals surface area contributed by atoms with Crippen LogP contribution in [0.4, 0.5) is 0 Å². The molecule has 2 heterocycles. The molecule has 0 aliphatic rings. The van der Waals surface area contributed by atoms with E-state index in [9.17, 15) is 0 Å². The lowest BCUT2D eigenvalue weighted by Gasteiger charge is -2.09. The first-order chi connectivity index (χ1) is 14.1. The number of hydrogen-bond donors (Lipinski definition) is 0. The van der Waals surface area contributed by atoms with Gasteiger partial charge in [-0.15, -0.1) is 15.3 Å². The topological polar surface area (TPSA) is 91.8 Å². The first-order valence-electron chi connectivity index (χ1n) is 9.13. The molecule has 8 nitrogen and oxygen atoms in total. The van der Waals surface area contributed by atoms with Gasteiger partial charge in [-0.3, -0.25) is 0 Å². The average molecular weight is 408 g/mol. The summed E-state index contributed by atoms with van der Waals surface area (Å²) in [5.74, 6) is 1.93. The van der Waals surface area contributed by atoms with Crippen LogP contribution in [0, 0.1) is 13.8 Å². The molecule has 0 aliphatic carbocycles. The summed E-state index contributed by atoms with van der Waals surface area (Å²) in [5.41, 5.74) is 3.09. The van der Waals surface area contributed by atoms with Crippen LogP contribution in [0.25, 0.3) is 5.69 Å². The normalized spacial score (nSPS) is 12.1. The SMILES string of the molecule is Cc1ccc(C)c(OCc2nnc(SC(C)c3nnnn3-c3ccccc3)o2)c1. The van der Waals surface area contributed by atoms with Crippen LogP contribution in [-0.4, -0.2) is 30.4 Å². The lowest BCUT2D eigenvalue weighted by molar-refractivity contribution is 0.250. The molecule has 4 rings (SSSR count). The summed E-state index contributed by atoms with van der Waals surface area (Å²) in [6.45, 7) is 6.24. The number of benzene rings is 2. The largest absolute Gasteiger partial charge is 0.484 e. The Bertz CT molecular complexity index is 1100. The molecule has 9 heteroatoms. The molecule has 1 atom stereocenters. The first kappa shape index (κ1) is 19.1. The van der Waals surface area contributed by atoms with E-state index in [1.807, 2.05) is 69.3 Å². The number of aromatic nitrogens is 6. The molecule has 0 amide bonds. The molecule has 148 valence electrons. The summed E-state index contributed by atoms with van der Waals surface area (Å²) in [6, 6.07) is 15.8. The molecule has 0 N–H and O–H groups in total. The third kappa shape index (κ3) is 4.45. The summed E-state index contributed by atoms with van der Waals surface area (Å²) < 4.78 is 13.3. The van der Waals surface area contributed by atoms with Crippen molar-refractivity contribution in [3.63, 3.8) is 0 Å². The van der Waals surface area contributed by atoms with Gasteiger partial charge in [0.15, 0.2) is 12.4 Å². The van der Waals surface area contributed by atoms with Crippen molar-refractivity contribution in [2.45, 2.75) is 37.9 Å². The van der Waals surface area contributed by atoms with Gasteiger partial charge in [0.2, 0.25) is 0 Å². The van der Waals surface area contributed by atoms with Gasteiger partial charge in [-0.1, -0.05) is 42.1 Å². The van der Waals surface area contributed by atoms with Crippen LogP contribution in [0.5, 0.6) is 5.75 Å². The highest BCUT2D eigenvalue weighted by Gasteiger charge is 2.20. The van der Waals surface area contributed by atoms with Gasteiger partial charge in [0.05, 0.1) is 10.9 Å². The van der Waals surface area contributed by atoms with E-state index in [4.69, 9.17) is 9.15 Å². The zero-order valence-electron chi connectivity index (χ0n) is 16.3. The minimum Gasteiger partial charge on any atom is -0.484 e. The number of aryl methyl sites for hydroxylation is 2. The number of thioether (sulfide) groups is 1. The second-order valence-corrected chi connectivity index (χ2v) is 7.86. The highest BCUT2D eigenvalue weighted by Crippen LogP contribution is 2.33. The Balaban J connectivity index is 1.42. The van der Waals surface area contributed by atoms with E-state index < -0.39 is 0 Å². The quantitative estimate of drug-likeness (QED) is 0.422. The fraction of sp³-hybridized carbons (Fsp3) is 0.250. The van der Waals surface area contributed by atoms with Gasteiger partial charge < -0.3 is 9.15 Å². The minimum absolute atomic E-state index is 0.0848. The summed E-state index contributed by atoms with van der Waals surface area (Å²) in [5, 5.41) is 20.6. The van der Waals surface area contributed by atoms with Gasteiger partial charge >= 0.3 is 0 Å². The molecule has 0 saturated heterocycles. The molecule has 0 aliphatic heterocycles. The molecule has 4 aromatic rings.